The third-order valence-electron chi connectivity index (χ3n) is 2.92. The number of carbonyl (C=O) groups excluding carboxylic acids is 1. The number of benzene rings is 1. The van der Waals surface area contributed by atoms with Gasteiger partial charge in [0.2, 0.25) is 0 Å². The van der Waals surface area contributed by atoms with Gasteiger partial charge < -0.3 is 5.32 Å². The van der Waals surface area contributed by atoms with Crippen LogP contribution in [0.5, 0.6) is 0 Å². The lowest BCUT2D eigenvalue weighted by Crippen LogP contribution is -2.14. The monoisotopic (exact) mass is 290 g/mol. The Kier molecular flexibility index (Phi) is 3.58. The quantitative estimate of drug-likeness (QED) is 0.793. The van der Waals surface area contributed by atoms with Crippen LogP contribution in [0.15, 0.2) is 55.2 Å². The molecule has 0 saturated carbocycles. The largest absolute Gasteiger partial charge is 0.319 e. The molecule has 0 atom stereocenters. The van der Waals surface area contributed by atoms with Crippen LogP contribution in [-0.2, 0) is 0 Å². The van der Waals surface area contributed by atoms with Gasteiger partial charge in [0, 0.05) is 11.8 Å². The van der Waals surface area contributed by atoms with E-state index in [4.69, 9.17) is 5.26 Å². The molecule has 0 saturated heterocycles. The highest BCUT2D eigenvalue weighted by Gasteiger charge is 2.11. The number of aromatic nitrogens is 4. The number of anilines is 1. The maximum absolute atomic E-state index is 12.3. The average Bonchev–Trinajstić information content (AvgIpc) is 3.09. The fourth-order valence-corrected chi connectivity index (χ4v) is 1.92. The molecular weight excluding hydrogens is 280 g/mol. The van der Waals surface area contributed by atoms with Gasteiger partial charge in [-0.3, -0.25) is 4.79 Å². The molecule has 1 aromatic carbocycles. The summed E-state index contributed by atoms with van der Waals surface area (Å²) in [6.45, 7) is 0. The first-order valence-electron chi connectivity index (χ1n) is 6.39. The number of pyridine rings is 1. The van der Waals surface area contributed by atoms with Crippen molar-refractivity contribution in [3.8, 4) is 11.9 Å². The highest BCUT2D eigenvalue weighted by atomic mass is 16.1. The van der Waals surface area contributed by atoms with Crippen molar-refractivity contribution >= 4 is 11.6 Å². The Balaban J connectivity index is 1.90. The van der Waals surface area contributed by atoms with Gasteiger partial charge in [-0.1, -0.05) is 6.07 Å². The van der Waals surface area contributed by atoms with Gasteiger partial charge in [-0.05, 0) is 30.3 Å². The molecule has 0 fully saturated rings. The molecule has 3 rings (SSSR count). The van der Waals surface area contributed by atoms with E-state index in [-0.39, 0.29) is 5.91 Å². The second-order valence-corrected chi connectivity index (χ2v) is 4.36. The van der Waals surface area contributed by atoms with E-state index in [0.717, 1.165) is 0 Å². The number of nitrogens with zero attached hydrogens (tertiary/aromatic N) is 5. The molecule has 0 bridgehead atoms. The van der Waals surface area contributed by atoms with Crippen molar-refractivity contribution in [1.29, 1.82) is 5.26 Å². The third kappa shape index (κ3) is 2.66. The van der Waals surface area contributed by atoms with Gasteiger partial charge in [0.1, 0.15) is 12.7 Å². The molecule has 1 amide bonds. The van der Waals surface area contributed by atoms with Crippen LogP contribution in [0.2, 0.25) is 0 Å². The van der Waals surface area contributed by atoms with Crippen molar-refractivity contribution in [2.24, 2.45) is 0 Å². The summed E-state index contributed by atoms with van der Waals surface area (Å²) in [4.78, 5) is 20.4. The molecule has 3 aromatic rings. The Hall–Kier alpha value is -3.53. The van der Waals surface area contributed by atoms with Gasteiger partial charge in [0.25, 0.3) is 5.91 Å². The molecule has 7 nitrogen and oxygen atoms in total. The molecule has 106 valence electrons. The van der Waals surface area contributed by atoms with E-state index in [1.54, 1.807) is 36.5 Å². The molecule has 0 radical (unpaired) electrons. The minimum atomic E-state index is -0.327. The summed E-state index contributed by atoms with van der Waals surface area (Å²) in [6, 6.07) is 11.9. The first-order valence-corrected chi connectivity index (χ1v) is 6.39. The molecule has 2 heterocycles. The van der Waals surface area contributed by atoms with Crippen LogP contribution in [0.25, 0.3) is 5.82 Å². The molecule has 0 unspecified atom stereocenters. The maximum Gasteiger partial charge on any atom is 0.255 e. The van der Waals surface area contributed by atoms with E-state index in [2.05, 4.69) is 20.4 Å². The molecule has 0 aliphatic carbocycles. The first kappa shape index (κ1) is 13.5. The van der Waals surface area contributed by atoms with E-state index in [1.165, 1.54) is 23.4 Å². The van der Waals surface area contributed by atoms with Crippen LogP contribution in [0, 0.1) is 11.3 Å². The topological polar surface area (TPSA) is 96.5 Å². The second-order valence-electron chi connectivity index (χ2n) is 4.36. The van der Waals surface area contributed by atoms with Crippen molar-refractivity contribution in [3.05, 3.63) is 66.4 Å². The number of nitriles is 1. The molecule has 22 heavy (non-hydrogen) atoms. The molecule has 0 aliphatic heterocycles. The summed E-state index contributed by atoms with van der Waals surface area (Å²) in [5.74, 6) is 0.135. The van der Waals surface area contributed by atoms with Crippen LogP contribution in [-0.4, -0.2) is 25.7 Å². The number of amides is 1. The Bertz CT molecular complexity index is 850. The van der Waals surface area contributed by atoms with Crippen LogP contribution >= 0.6 is 0 Å². The van der Waals surface area contributed by atoms with Gasteiger partial charge in [-0.15, -0.1) is 0 Å². The normalized spacial score (nSPS) is 9.95. The summed E-state index contributed by atoms with van der Waals surface area (Å²) >= 11 is 0. The lowest BCUT2D eigenvalue weighted by Gasteiger charge is -2.09. The van der Waals surface area contributed by atoms with Crippen molar-refractivity contribution in [2.75, 3.05) is 5.32 Å². The summed E-state index contributed by atoms with van der Waals surface area (Å²) in [7, 11) is 0. The van der Waals surface area contributed by atoms with Gasteiger partial charge >= 0.3 is 0 Å². The lowest BCUT2D eigenvalue weighted by atomic mass is 10.1. The summed E-state index contributed by atoms with van der Waals surface area (Å²) in [6.07, 6.45) is 4.48. The van der Waals surface area contributed by atoms with Gasteiger partial charge in [0.05, 0.1) is 17.3 Å². The first-order chi connectivity index (χ1) is 10.8. The van der Waals surface area contributed by atoms with Gasteiger partial charge in [-0.2, -0.15) is 10.4 Å². The second kappa shape index (κ2) is 5.85. The zero-order chi connectivity index (χ0) is 15.4. The Morgan fingerprint density at radius 1 is 1.27 bits per heavy atom. The van der Waals surface area contributed by atoms with Crippen LogP contribution in [0.3, 0.4) is 0 Å². The van der Waals surface area contributed by atoms with Crippen LogP contribution < -0.4 is 5.32 Å². The zero-order valence-corrected chi connectivity index (χ0v) is 11.3. The van der Waals surface area contributed by atoms with E-state index in [1.807, 2.05) is 6.07 Å². The number of hydrogen-bond donors (Lipinski definition) is 1. The summed E-state index contributed by atoms with van der Waals surface area (Å²) in [5.41, 5.74) is 1.32. The van der Waals surface area contributed by atoms with E-state index in [9.17, 15) is 4.79 Å². The summed E-state index contributed by atoms with van der Waals surface area (Å²) in [5, 5.41) is 15.7. The predicted octanol–water partition coefficient (Wildman–Crippen LogP) is 1.79. The molecular formula is C15H10N6O. The van der Waals surface area contributed by atoms with Crippen LogP contribution in [0.4, 0.5) is 5.69 Å². The molecule has 0 spiro atoms. The minimum Gasteiger partial charge on any atom is -0.319 e. The molecule has 1 N–H and O–H groups in total. The van der Waals surface area contributed by atoms with Crippen LogP contribution in [0.1, 0.15) is 15.9 Å². The maximum atomic E-state index is 12.3. The highest BCUT2D eigenvalue weighted by Crippen LogP contribution is 2.17. The van der Waals surface area contributed by atoms with E-state index < -0.39 is 0 Å². The average molecular weight is 290 g/mol. The number of nitrogens with one attached hydrogen (secondary N) is 1. The predicted molar refractivity (Wildman–Crippen MR) is 78.3 cm³/mol. The SMILES string of the molecule is N#Cc1cccc(C(=O)Nc2cccnc2-n2cncn2)c1. The Morgan fingerprint density at radius 3 is 2.95 bits per heavy atom. The summed E-state index contributed by atoms with van der Waals surface area (Å²) < 4.78 is 1.46. The van der Waals surface area contributed by atoms with Gasteiger partial charge in [0.15, 0.2) is 5.82 Å². The fraction of sp³-hybridized carbons (Fsp3) is 0. The molecule has 2 aromatic heterocycles. The number of hydrogen-bond acceptors (Lipinski definition) is 5. The van der Waals surface area contributed by atoms with Crippen molar-refractivity contribution in [3.63, 3.8) is 0 Å². The number of carbonyl (C=O) groups is 1. The van der Waals surface area contributed by atoms with Crippen molar-refractivity contribution in [2.45, 2.75) is 0 Å². The van der Waals surface area contributed by atoms with Crippen molar-refractivity contribution < 1.29 is 4.79 Å². The molecule has 0 aliphatic rings. The highest BCUT2D eigenvalue weighted by molar-refractivity contribution is 6.05. The zero-order valence-electron chi connectivity index (χ0n) is 11.3. The van der Waals surface area contributed by atoms with Gasteiger partial charge in [-0.25, -0.2) is 14.6 Å². The van der Waals surface area contributed by atoms with E-state index >= 15 is 0 Å². The van der Waals surface area contributed by atoms with Crippen molar-refractivity contribution in [1.82, 2.24) is 19.7 Å². The smallest absolute Gasteiger partial charge is 0.255 e. The number of rotatable bonds is 3. The Labute approximate surface area is 125 Å². The standard InChI is InChI=1S/C15H10N6O/c16-8-11-3-1-4-12(7-11)15(22)20-13-5-2-6-18-14(13)21-10-17-9-19-21/h1-7,9-10H,(H,20,22). The molecule has 7 heteroatoms. The Morgan fingerprint density at radius 2 is 2.18 bits per heavy atom. The fourth-order valence-electron chi connectivity index (χ4n) is 1.92. The lowest BCUT2D eigenvalue weighted by molar-refractivity contribution is 0.102. The van der Waals surface area contributed by atoms with E-state index in [0.29, 0.717) is 22.6 Å². The minimum absolute atomic E-state index is 0.327. The third-order valence-corrected chi connectivity index (χ3v) is 2.92.